The lowest BCUT2D eigenvalue weighted by atomic mass is 9.85. The van der Waals surface area contributed by atoms with E-state index < -0.39 is 12.1 Å². The van der Waals surface area contributed by atoms with Crippen LogP contribution in [0.4, 0.5) is 5.69 Å². The molecule has 2 heterocycles. The number of fused-ring (bicyclic) bond motifs is 6. The standard InChI is InChI=1S/C36H29ClN2O6/c1-18-28(37)15-14-26-27(36(43)45-19(2)33(40)21-8-12-25(44-3)13-9-21)17-29(38-32(18)26)20-6-10-24(11-7-20)39-34(41)30-22-4-5-23(16-22)31(30)35(39)42/h4-15,17,19,22-23,30-31H,16H2,1-3H3. The number of imide groups is 1. The fourth-order valence-electron chi connectivity index (χ4n) is 6.93. The van der Waals surface area contributed by atoms with Gasteiger partial charge < -0.3 is 9.47 Å². The molecular formula is C36H29ClN2O6. The average Bonchev–Trinajstić information content (AvgIpc) is 3.75. The Hall–Kier alpha value is -4.82. The highest BCUT2D eigenvalue weighted by molar-refractivity contribution is 6.32. The van der Waals surface area contributed by atoms with Gasteiger partial charge in [0, 0.05) is 21.5 Å². The van der Waals surface area contributed by atoms with Crippen molar-refractivity contribution in [3.63, 3.8) is 0 Å². The second-order valence-corrected chi connectivity index (χ2v) is 12.2. The summed E-state index contributed by atoms with van der Waals surface area (Å²) in [7, 11) is 1.54. The van der Waals surface area contributed by atoms with Crippen LogP contribution >= 0.6 is 11.6 Å². The van der Waals surface area contributed by atoms with Crippen LogP contribution in [0.3, 0.4) is 0 Å². The van der Waals surface area contributed by atoms with Gasteiger partial charge in [0.2, 0.25) is 17.6 Å². The average molecular weight is 621 g/mol. The first kappa shape index (κ1) is 28.9. The van der Waals surface area contributed by atoms with Gasteiger partial charge in [0.15, 0.2) is 6.10 Å². The van der Waals surface area contributed by atoms with Crippen molar-refractivity contribution in [3.05, 3.63) is 101 Å². The van der Waals surface area contributed by atoms with E-state index in [-0.39, 0.29) is 46.8 Å². The Morgan fingerprint density at radius 2 is 1.58 bits per heavy atom. The SMILES string of the molecule is COc1ccc(C(=O)C(C)OC(=O)c2cc(-c3ccc(N4C(=O)C5C6C=CC(C6)C5C4=O)cc3)nc3c(C)c(Cl)ccc23)cc1. The highest BCUT2D eigenvalue weighted by atomic mass is 35.5. The number of aryl methyl sites for hydroxylation is 1. The van der Waals surface area contributed by atoms with E-state index >= 15 is 0 Å². The lowest BCUT2D eigenvalue weighted by molar-refractivity contribution is -0.123. The van der Waals surface area contributed by atoms with Crippen LogP contribution in [0, 0.1) is 30.6 Å². The van der Waals surface area contributed by atoms with Crippen LogP contribution in [0.15, 0.2) is 78.9 Å². The Kier molecular flexibility index (Phi) is 7.05. The molecule has 7 rings (SSSR count). The van der Waals surface area contributed by atoms with Crippen molar-refractivity contribution in [1.82, 2.24) is 4.98 Å². The van der Waals surface area contributed by atoms with Crippen LogP contribution in [0.1, 0.15) is 39.6 Å². The van der Waals surface area contributed by atoms with Gasteiger partial charge in [-0.15, -0.1) is 0 Å². The Bertz CT molecular complexity index is 1900. The number of hydrogen-bond acceptors (Lipinski definition) is 7. The molecule has 4 aromatic rings. The number of carbonyl (C=O) groups excluding carboxylic acids is 4. The van der Waals surface area contributed by atoms with Gasteiger partial charge in [-0.05, 0) is 86.2 Å². The highest BCUT2D eigenvalue weighted by Crippen LogP contribution is 2.53. The number of aromatic nitrogens is 1. The summed E-state index contributed by atoms with van der Waals surface area (Å²) in [5.41, 5.74) is 3.47. The molecule has 0 N–H and O–H groups in total. The normalized spacial score (nSPS) is 22.2. The number of methoxy groups -OCH3 is 1. The molecule has 1 saturated heterocycles. The van der Waals surface area contributed by atoms with Gasteiger partial charge in [0.1, 0.15) is 5.75 Å². The number of esters is 1. The van der Waals surface area contributed by atoms with Gasteiger partial charge in [-0.1, -0.05) is 42.0 Å². The second-order valence-electron chi connectivity index (χ2n) is 11.8. The van der Waals surface area contributed by atoms with Gasteiger partial charge in [0.05, 0.1) is 41.4 Å². The summed E-state index contributed by atoms with van der Waals surface area (Å²) < 4.78 is 10.8. The predicted molar refractivity (Wildman–Crippen MR) is 169 cm³/mol. The first-order valence-corrected chi connectivity index (χ1v) is 15.2. The van der Waals surface area contributed by atoms with Crippen molar-refractivity contribution in [2.75, 3.05) is 12.0 Å². The van der Waals surface area contributed by atoms with Crippen LogP contribution in [0.25, 0.3) is 22.2 Å². The van der Waals surface area contributed by atoms with Crippen LogP contribution in [0.5, 0.6) is 5.75 Å². The molecule has 226 valence electrons. The van der Waals surface area contributed by atoms with Crippen LogP contribution in [0.2, 0.25) is 5.02 Å². The molecule has 2 amide bonds. The van der Waals surface area contributed by atoms with Crippen LogP contribution in [-0.4, -0.2) is 41.8 Å². The molecule has 1 saturated carbocycles. The maximum atomic E-state index is 13.6. The highest BCUT2D eigenvalue weighted by Gasteiger charge is 2.59. The summed E-state index contributed by atoms with van der Waals surface area (Å²) >= 11 is 6.44. The van der Waals surface area contributed by atoms with Crippen molar-refractivity contribution >= 4 is 51.8 Å². The molecule has 1 aliphatic heterocycles. The predicted octanol–water partition coefficient (Wildman–Crippen LogP) is 6.61. The number of hydrogen-bond donors (Lipinski definition) is 0. The fraction of sp³-hybridized carbons (Fsp3) is 0.250. The van der Waals surface area contributed by atoms with Gasteiger partial charge in [-0.2, -0.15) is 0 Å². The molecule has 3 aromatic carbocycles. The van der Waals surface area contributed by atoms with Gasteiger partial charge in [-0.25, -0.2) is 9.78 Å². The number of carbonyl (C=O) groups is 4. The third kappa shape index (κ3) is 4.71. The molecule has 5 unspecified atom stereocenters. The molecule has 2 bridgehead atoms. The van der Waals surface area contributed by atoms with E-state index in [1.807, 2.05) is 6.92 Å². The number of ether oxygens (including phenoxy) is 2. The van der Waals surface area contributed by atoms with Gasteiger partial charge >= 0.3 is 5.97 Å². The number of allylic oxidation sites excluding steroid dienone is 2. The molecule has 2 aliphatic carbocycles. The summed E-state index contributed by atoms with van der Waals surface area (Å²) in [6.07, 6.45) is 3.96. The summed E-state index contributed by atoms with van der Waals surface area (Å²) in [5.74, 6) is -1.02. The summed E-state index contributed by atoms with van der Waals surface area (Å²) in [6, 6.07) is 18.6. The van der Waals surface area contributed by atoms with E-state index in [1.165, 1.54) is 18.9 Å². The van der Waals surface area contributed by atoms with E-state index in [9.17, 15) is 19.2 Å². The molecular weight excluding hydrogens is 592 g/mol. The smallest absolute Gasteiger partial charge is 0.339 e. The van der Waals surface area contributed by atoms with E-state index in [2.05, 4.69) is 12.2 Å². The lowest BCUT2D eigenvalue weighted by Crippen LogP contribution is -2.32. The van der Waals surface area contributed by atoms with E-state index in [1.54, 1.807) is 66.7 Å². The number of ketones is 1. The number of anilines is 1. The van der Waals surface area contributed by atoms with E-state index in [4.69, 9.17) is 26.1 Å². The maximum absolute atomic E-state index is 13.6. The molecule has 9 heteroatoms. The quantitative estimate of drug-likeness (QED) is 0.0991. The lowest BCUT2D eigenvalue weighted by Gasteiger charge is -2.18. The zero-order chi connectivity index (χ0) is 31.6. The van der Waals surface area contributed by atoms with Crippen molar-refractivity contribution in [2.24, 2.45) is 23.7 Å². The Balaban J connectivity index is 1.19. The largest absolute Gasteiger partial charge is 0.497 e. The minimum Gasteiger partial charge on any atom is -0.497 e. The molecule has 45 heavy (non-hydrogen) atoms. The summed E-state index contributed by atoms with van der Waals surface area (Å²) in [6.45, 7) is 3.35. The number of halogens is 1. The molecule has 1 aromatic heterocycles. The van der Waals surface area contributed by atoms with Crippen LogP contribution in [-0.2, 0) is 14.3 Å². The fourth-order valence-corrected chi connectivity index (χ4v) is 7.08. The molecule has 3 aliphatic rings. The number of nitrogens with zero attached hydrogens (tertiary/aromatic N) is 2. The molecule has 8 nitrogen and oxygen atoms in total. The third-order valence-corrected chi connectivity index (χ3v) is 9.72. The van der Waals surface area contributed by atoms with Crippen molar-refractivity contribution in [1.29, 1.82) is 0 Å². The summed E-state index contributed by atoms with van der Waals surface area (Å²) in [4.78, 5) is 59.4. The number of rotatable bonds is 7. The Morgan fingerprint density at radius 1 is 0.933 bits per heavy atom. The number of amides is 2. The molecule has 0 spiro atoms. The van der Waals surface area contributed by atoms with Crippen LogP contribution < -0.4 is 9.64 Å². The first-order valence-electron chi connectivity index (χ1n) is 14.8. The number of pyridine rings is 1. The monoisotopic (exact) mass is 620 g/mol. The minimum atomic E-state index is -1.05. The van der Waals surface area contributed by atoms with Gasteiger partial charge in [0.25, 0.3) is 0 Å². The number of Topliss-reactive ketones (excluding diaryl/α,β-unsaturated/α-hetero) is 1. The first-order chi connectivity index (χ1) is 21.7. The van der Waals surface area contributed by atoms with E-state index in [0.29, 0.717) is 49.7 Å². The van der Waals surface area contributed by atoms with Crippen molar-refractivity contribution in [2.45, 2.75) is 26.4 Å². The van der Waals surface area contributed by atoms with Crippen molar-refractivity contribution in [3.8, 4) is 17.0 Å². The van der Waals surface area contributed by atoms with Crippen molar-refractivity contribution < 1.29 is 28.7 Å². The molecule has 2 fully saturated rings. The zero-order valence-corrected chi connectivity index (χ0v) is 25.6. The minimum absolute atomic E-state index is 0.130. The second kappa shape index (κ2) is 11.0. The Labute approximate surface area is 264 Å². The third-order valence-electron chi connectivity index (χ3n) is 9.31. The summed E-state index contributed by atoms with van der Waals surface area (Å²) in [5, 5.41) is 1.03. The van der Waals surface area contributed by atoms with Gasteiger partial charge in [-0.3, -0.25) is 19.3 Å². The van der Waals surface area contributed by atoms with E-state index in [0.717, 1.165) is 6.42 Å². The zero-order valence-electron chi connectivity index (χ0n) is 24.8. The molecule has 5 atom stereocenters. The number of benzene rings is 3. The topological polar surface area (TPSA) is 103 Å². The Morgan fingerprint density at radius 3 is 2.20 bits per heavy atom. The maximum Gasteiger partial charge on any atom is 0.339 e. The molecule has 0 radical (unpaired) electrons.